The smallest absolute Gasteiger partial charge is 0.341 e. The van der Waals surface area contributed by atoms with Crippen molar-refractivity contribution in [1.29, 1.82) is 0 Å². The molecular weight excluding hydrogens is 384 g/mol. The molecule has 0 saturated carbocycles. The summed E-state index contributed by atoms with van der Waals surface area (Å²) >= 11 is 0. The fourth-order valence-corrected chi connectivity index (χ4v) is 2.73. The number of anilines is 2. The molecule has 2 aromatic carbocycles. The van der Waals surface area contributed by atoms with Gasteiger partial charge in [-0.2, -0.15) is 0 Å². The lowest BCUT2D eigenvalue weighted by atomic mass is 10.1. The molecule has 1 heterocycles. The first-order valence-corrected chi connectivity index (χ1v) is 9.66. The predicted molar refractivity (Wildman–Crippen MR) is 114 cm³/mol. The highest BCUT2D eigenvalue weighted by atomic mass is 16.5. The summed E-state index contributed by atoms with van der Waals surface area (Å²) in [5.41, 5.74) is 1.52. The van der Waals surface area contributed by atoms with E-state index in [0.29, 0.717) is 35.8 Å². The van der Waals surface area contributed by atoms with Gasteiger partial charge in [-0.25, -0.2) is 4.79 Å². The van der Waals surface area contributed by atoms with Gasteiger partial charge in [0.2, 0.25) is 0 Å². The Kier molecular flexibility index (Phi) is 7.10. The molecule has 0 unspecified atom stereocenters. The summed E-state index contributed by atoms with van der Waals surface area (Å²) in [6.07, 6.45) is 0.615. The zero-order chi connectivity index (χ0) is 21.3. The Morgan fingerprint density at radius 3 is 2.50 bits per heavy atom. The minimum absolute atomic E-state index is 0.338. The topological polar surface area (TPSA) is 89.8 Å². The van der Waals surface area contributed by atoms with E-state index in [0.717, 1.165) is 5.76 Å². The van der Waals surface area contributed by atoms with Crippen LogP contribution in [0, 0.1) is 0 Å². The second kappa shape index (κ2) is 10.2. The highest BCUT2D eigenvalue weighted by Crippen LogP contribution is 2.19. The molecular formula is C23H24N2O5. The summed E-state index contributed by atoms with van der Waals surface area (Å²) in [4.78, 5) is 25.0. The Morgan fingerprint density at radius 1 is 1.03 bits per heavy atom. The summed E-state index contributed by atoms with van der Waals surface area (Å²) in [7, 11) is 0. The third-order valence-electron chi connectivity index (χ3n) is 4.27. The molecule has 0 radical (unpaired) electrons. The van der Waals surface area contributed by atoms with Crippen LogP contribution in [0.3, 0.4) is 0 Å². The lowest BCUT2D eigenvalue weighted by molar-refractivity contribution is -0.123. The predicted octanol–water partition coefficient (Wildman–Crippen LogP) is 4.47. The molecule has 0 aliphatic carbocycles. The normalized spacial score (nSPS) is 11.4. The fraction of sp³-hybridized carbons (Fsp3) is 0.217. The van der Waals surface area contributed by atoms with Crippen LogP contribution in [0.15, 0.2) is 71.3 Å². The Hall–Kier alpha value is -3.74. The molecule has 0 fully saturated rings. The number of ether oxygens (including phenoxy) is 2. The molecule has 0 aliphatic heterocycles. The van der Waals surface area contributed by atoms with Gasteiger partial charge in [0.25, 0.3) is 5.91 Å². The lowest BCUT2D eigenvalue weighted by Crippen LogP contribution is -2.30. The quantitative estimate of drug-likeness (QED) is 0.508. The number of carbonyl (C=O) groups is 2. The van der Waals surface area contributed by atoms with E-state index in [9.17, 15) is 9.59 Å². The van der Waals surface area contributed by atoms with Gasteiger partial charge in [0.1, 0.15) is 11.5 Å². The van der Waals surface area contributed by atoms with Gasteiger partial charge in [-0.3, -0.25) is 4.79 Å². The number of para-hydroxylation sites is 1. The van der Waals surface area contributed by atoms with Gasteiger partial charge in [0.15, 0.2) is 6.10 Å². The van der Waals surface area contributed by atoms with Crippen LogP contribution in [0.25, 0.3) is 0 Å². The molecule has 156 valence electrons. The van der Waals surface area contributed by atoms with Crippen LogP contribution in [-0.4, -0.2) is 24.6 Å². The van der Waals surface area contributed by atoms with E-state index < -0.39 is 18.0 Å². The van der Waals surface area contributed by atoms with Gasteiger partial charge in [-0.05, 0) is 62.4 Å². The number of hydrogen-bond donors (Lipinski definition) is 2. The number of benzene rings is 2. The highest BCUT2D eigenvalue weighted by Gasteiger charge is 2.21. The summed E-state index contributed by atoms with van der Waals surface area (Å²) in [5, 5.41) is 5.87. The molecule has 0 aliphatic rings. The zero-order valence-corrected chi connectivity index (χ0v) is 16.9. The number of esters is 1. The second-order valence-corrected chi connectivity index (χ2v) is 6.47. The lowest BCUT2D eigenvalue weighted by Gasteiger charge is -2.16. The Balaban J connectivity index is 1.58. The summed E-state index contributed by atoms with van der Waals surface area (Å²) in [5.74, 6) is 0.440. The Bertz CT molecular complexity index is 968. The number of nitrogens with one attached hydrogen (secondary N) is 2. The molecule has 3 aromatic rings. The largest absolute Gasteiger partial charge is 0.494 e. The van der Waals surface area contributed by atoms with E-state index in [2.05, 4.69) is 10.6 Å². The third-order valence-corrected chi connectivity index (χ3v) is 4.27. The van der Waals surface area contributed by atoms with E-state index in [1.807, 2.05) is 19.1 Å². The summed E-state index contributed by atoms with van der Waals surface area (Å²) in [6.45, 7) is 4.42. The molecule has 0 spiro atoms. The van der Waals surface area contributed by atoms with Crippen molar-refractivity contribution in [3.63, 3.8) is 0 Å². The van der Waals surface area contributed by atoms with Crippen molar-refractivity contribution in [3.05, 3.63) is 78.3 Å². The summed E-state index contributed by atoms with van der Waals surface area (Å²) < 4.78 is 16.0. The maximum Gasteiger partial charge on any atom is 0.341 e. The molecule has 2 N–H and O–H groups in total. The molecule has 1 atom stereocenters. The van der Waals surface area contributed by atoms with Crippen molar-refractivity contribution >= 4 is 23.3 Å². The average Bonchev–Trinajstić information content (AvgIpc) is 3.27. The van der Waals surface area contributed by atoms with Crippen LogP contribution in [0.2, 0.25) is 0 Å². The van der Waals surface area contributed by atoms with Gasteiger partial charge < -0.3 is 24.5 Å². The number of furan rings is 1. The van der Waals surface area contributed by atoms with Crippen LogP contribution >= 0.6 is 0 Å². The van der Waals surface area contributed by atoms with Crippen LogP contribution in [0.1, 0.15) is 30.0 Å². The van der Waals surface area contributed by atoms with Crippen molar-refractivity contribution in [2.75, 3.05) is 17.2 Å². The van der Waals surface area contributed by atoms with E-state index >= 15 is 0 Å². The number of amides is 1. The maximum absolute atomic E-state index is 12.6. The van der Waals surface area contributed by atoms with E-state index in [4.69, 9.17) is 13.9 Å². The number of carbonyl (C=O) groups excluding carboxylic acids is 2. The van der Waals surface area contributed by atoms with Crippen molar-refractivity contribution in [3.8, 4) is 5.75 Å². The van der Waals surface area contributed by atoms with Gasteiger partial charge in [0.05, 0.1) is 25.0 Å². The Labute approximate surface area is 175 Å². The first-order chi connectivity index (χ1) is 14.6. The third kappa shape index (κ3) is 5.64. The number of rotatable bonds is 9. The van der Waals surface area contributed by atoms with Crippen LogP contribution in [-0.2, 0) is 16.1 Å². The SMILES string of the molecule is CCOc1ccc(NC(=O)[C@H](C)OC(=O)c2ccccc2NCc2ccco2)cc1. The van der Waals surface area contributed by atoms with Crippen molar-refractivity contribution < 1.29 is 23.5 Å². The minimum Gasteiger partial charge on any atom is -0.494 e. The summed E-state index contributed by atoms with van der Waals surface area (Å²) in [6, 6.07) is 17.6. The molecule has 0 saturated heterocycles. The van der Waals surface area contributed by atoms with Crippen molar-refractivity contribution in [2.45, 2.75) is 26.5 Å². The van der Waals surface area contributed by atoms with Crippen LogP contribution in [0.4, 0.5) is 11.4 Å². The van der Waals surface area contributed by atoms with E-state index in [1.54, 1.807) is 54.8 Å². The maximum atomic E-state index is 12.6. The van der Waals surface area contributed by atoms with Crippen molar-refractivity contribution in [1.82, 2.24) is 0 Å². The average molecular weight is 408 g/mol. The Morgan fingerprint density at radius 2 is 1.80 bits per heavy atom. The molecule has 7 nitrogen and oxygen atoms in total. The second-order valence-electron chi connectivity index (χ2n) is 6.47. The molecule has 1 amide bonds. The van der Waals surface area contributed by atoms with E-state index in [-0.39, 0.29) is 0 Å². The highest BCUT2D eigenvalue weighted by molar-refractivity contribution is 5.99. The van der Waals surface area contributed by atoms with Gasteiger partial charge in [0, 0.05) is 11.4 Å². The fourth-order valence-electron chi connectivity index (χ4n) is 2.73. The van der Waals surface area contributed by atoms with Gasteiger partial charge >= 0.3 is 5.97 Å². The molecule has 0 bridgehead atoms. The molecule has 1 aromatic heterocycles. The van der Waals surface area contributed by atoms with Crippen molar-refractivity contribution in [2.24, 2.45) is 0 Å². The monoisotopic (exact) mass is 408 g/mol. The van der Waals surface area contributed by atoms with Gasteiger partial charge in [-0.1, -0.05) is 12.1 Å². The molecule has 30 heavy (non-hydrogen) atoms. The first-order valence-electron chi connectivity index (χ1n) is 9.66. The van der Waals surface area contributed by atoms with Crippen LogP contribution in [0.5, 0.6) is 5.75 Å². The minimum atomic E-state index is -0.970. The zero-order valence-electron chi connectivity index (χ0n) is 16.9. The standard InChI is InChI=1S/C23H24N2O5/c1-3-28-18-12-10-17(11-13-18)25-22(26)16(2)30-23(27)20-8-4-5-9-21(20)24-15-19-7-6-14-29-19/h4-14,16,24H,3,15H2,1-2H3,(H,25,26)/t16-/m0/s1. The molecule has 7 heteroatoms. The van der Waals surface area contributed by atoms with Gasteiger partial charge in [-0.15, -0.1) is 0 Å². The first kappa shape index (κ1) is 21.0. The number of hydrogen-bond acceptors (Lipinski definition) is 6. The van der Waals surface area contributed by atoms with E-state index in [1.165, 1.54) is 6.92 Å². The molecule has 3 rings (SSSR count). The van der Waals surface area contributed by atoms with Crippen LogP contribution < -0.4 is 15.4 Å².